The van der Waals surface area contributed by atoms with E-state index in [1.807, 2.05) is 68.4 Å². The number of anilines is 4. The van der Waals surface area contributed by atoms with Gasteiger partial charge in [0.2, 0.25) is 17.8 Å². The molecule has 3 aliphatic heterocycles. The first-order valence-corrected chi connectivity index (χ1v) is 19.2. The summed E-state index contributed by atoms with van der Waals surface area (Å²) in [5.41, 5.74) is 6.14. The number of nitrogens with zero attached hydrogens (tertiary/aromatic N) is 8. The van der Waals surface area contributed by atoms with E-state index in [-0.39, 0.29) is 30.3 Å². The smallest absolute Gasteiger partial charge is 0.278 e. The Labute approximate surface area is 323 Å². The van der Waals surface area contributed by atoms with Crippen molar-refractivity contribution in [3.63, 3.8) is 0 Å². The first-order chi connectivity index (χ1) is 27.3. The number of fused-ring (bicyclic) bond motifs is 3. The van der Waals surface area contributed by atoms with Crippen LogP contribution in [0.15, 0.2) is 78.2 Å². The number of hydrogen-bond donors (Lipinski definition) is 3. The largest absolute Gasteiger partial charge is 0.387 e. The van der Waals surface area contributed by atoms with Gasteiger partial charge in [-0.3, -0.25) is 24.5 Å². The number of imide groups is 1. The normalized spacial score (nSPS) is 19.1. The molecule has 0 saturated carbocycles. The van der Waals surface area contributed by atoms with Crippen LogP contribution in [0.25, 0.3) is 16.9 Å². The summed E-state index contributed by atoms with van der Waals surface area (Å²) in [6.45, 7) is 11.5. The third-order valence-corrected chi connectivity index (χ3v) is 10.9. The van der Waals surface area contributed by atoms with Crippen LogP contribution >= 0.6 is 0 Å². The lowest BCUT2D eigenvalue weighted by Crippen LogP contribution is -2.52. The Balaban J connectivity index is 0.00000217. The van der Waals surface area contributed by atoms with Crippen LogP contribution in [0.3, 0.4) is 0 Å². The van der Waals surface area contributed by atoms with Crippen LogP contribution in [0.5, 0.6) is 0 Å². The number of hydrogen-bond acceptors (Lipinski definition) is 11. The van der Waals surface area contributed by atoms with Gasteiger partial charge in [0.25, 0.3) is 11.5 Å². The van der Waals surface area contributed by atoms with Crippen molar-refractivity contribution in [1.82, 2.24) is 34.5 Å². The second kappa shape index (κ2) is 15.1. The first kappa shape index (κ1) is 36.6. The van der Waals surface area contributed by atoms with E-state index < -0.39 is 18.1 Å². The van der Waals surface area contributed by atoms with Crippen LogP contribution in [0.1, 0.15) is 66.4 Å². The third kappa shape index (κ3) is 6.46. The average Bonchev–Trinajstić information content (AvgIpc) is 3.85. The van der Waals surface area contributed by atoms with Crippen LogP contribution in [-0.2, 0) is 29.1 Å². The summed E-state index contributed by atoms with van der Waals surface area (Å²) < 4.78 is 3.18. The lowest BCUT2D eigenvalue weighted by atomic mass is 10.0. The molecule has 2 aromatic carbocycles. The molecule has 15 heteroatoms. The second-order valence-electron chi connectivity index (χ2n) is 14.0. The van der Waals surface area contributed by atoms with Gasteiger partial charge < -0.3 is 25.1 Å². The molecule has 3 N–H and O–H groups in total. The molecule has 6 heterocycles. The van der Waals surface area contributed by atoms with Crippen molar-refractivity contribution in [2.75, 3.05) is 41.3 Å². The number of nitrogens with one attached hydrogen (secondary N) is 2. The molecule has 2 saturated heterocycles. The van der Waals surface area contributed by atoms with E-state index in [1.54, 1.807) is 15.7 Å². The van der Waals surface area contributed by atoms with Gasteiger partial charge in [-0.15, -0.1) is 6.58 Å². The summed E-state index contributed by atoms with van der Waals surface area (Å²) in [6.07, 6.45) is 4.45. The molecule has 0 spiro atoms. The van der Waals surface area contributed by atoms with E-state index in [4.69, 9.17) is 9.97 Å². The maximum absolute atomic E-state index is 13.4. The number of piperidine rings is 1. The quantitative estimate of drug-likeness (QED) is 0.155. The molecule has 0 radical (unpaired) electrons. The van der Waals surface area contributed by atoms with Gasteiger partial charge in [-0.25, -0.2) is 19.3 Å². The van der Waals surface area contributed by atoms with E-state index in [1.165, 1.54) is 10.9 Å². The van der Waals surface area contributed by atoms with Gasteiger partial charge in [-0.1, -0.05) is 32.1 Å². The molecular weight excluding hydrogens is 713 g/mol. The third-order valence-electron chi connectivity index (χ3n) is 10.9. The number of amides is 3. The monoisotopic (exact) mass is 756 g/mol. The SMILES string of the molecule is C=CCn1c(=O)c2cnc(Nc3ccc(N4CCN(c5cccc6c5CN(C5CCC(=O)NC5=O)C6=O)CC4)cc3)nc2n1-c1ccc2c(n1)C(O)CC2.CC. The molecule has 56 heavy (non-hydrogen) atoms. The zero-order valence-corrected chi connectivity index (χ0v) is 31.4. The molecule has 3 amide bonds. The van der Waals surface area contributed by atoms with Crippen molar-refractivity contribution < 1.29 is 19.5 Å². The molecule has 9 rings (SSSR count). The van der Waals surface area contributed by atoms with Crippen LogP contribution in [0.4, 0.5) is 23.0 Å². The molecule has 15 nitrogen and oxygen atoms in total. The molecule has 4 aliphatic rings. The summed E-state index contributed by atoms with van der Waals surface area (Å²) in [7, 11) is 0. The summed E-state index contributed by atoms with van der Waals surface area (Å²) in [5.74, 6) is -0.0765. The predicted molar refractivity (Wildman–Crippen MR) is 212 cm³/mol. The summed E-state index contributed by atoms with van der Waals surface area (Å²) in [4.78, 5) is 71.1. The van der Waals surface area contributed by atoms with Gasteiger partial charge >= 0.3 is 0 Å². The Hall–Kier alpha value is -6.35. The average molecular weight is 757 g/mol. The fourth-order valence-electron chi connectivity index (χ4n) is 8.10. The minimum atomic E-state index is -0.645. The molecule has 0 bridgehead atoms. The fourth-order valence-corrected chi connectivity index (χ4v) is 8.10. The van der Waals surface area contributed by atoms with Crippen LogP contribution in [0.2, 0.25) is 0 Å². The topological polar surface area (TPSA) is 171 Å². The van der Waals surface area contributed by atoms with Gasteiger partial charge in [0.05, 0.1) is 18.3 Å². The van der Waals surface area contributed by atoms with Crippen molar-refractivity contribution in [3.05, 3.63) is 106 Å². The zero-order chi connectivity index (χ0) is 39.1. The Morgan fingerprint density at radius 2 is 1.70 bits per heavy atom. The Morgan fingerprint density at radius 3 is 2.45 bits per heavy atom. The highest BCUT2D eigenvalue weighted by Crippen LogP contribution is 2.35. The number of rotatable bonds is 8. The molecule has 1 aliphatic carbocycles. The molecule has 288 valence electrons. The van der Waals surface area contributed by atoms with E-state index in [9.17, 15) is 24.3 Å². The number of piperazine rings is 1. The maximum Gasteiger partial charge on any atom is 0.278 e. The number of allylic oxidation sites excluding steroid dienone is 1. The number of benzene rings is 2. The first-order valence-electron chi connectivity index (χ1n) is 19.2. The van der Waals surface area contributed by atoms with Crippen molar-refractivity contribution in [2.45, 2.75) is 64.8 Å². The minimum absolute atomic E-state index is 0.170. The Bertz CT molecular complexity index is 2410. The van der Waals surface area contributed by atoms with E-state index in [2.05, 4.69) is 32.0 Å². The molecular formula is C41H44N10O5. The zero-order valence-electron chi connectivity index (χ0n) is 31.4. The van der Waals surface area contributed by atoms with Gasteiger partial charge in [0, 0.05) is 73.5 Å². The number of carbonyl (C=O) groups is 3. The summed E-state index contributed by atoms with van der Waals surface area (Å²) in [5, 5.41) is 16.5. The summed E-state index contributed by atoms with van der Waals surface area (Å²) in [6, 6.07) is 16.9. The van der Waals surface area contributed by atoms with Crippen molar-refractivity contribution >= 4 is 51.8 Å². The number of aromatic nitrogens is 5. The van der Waals surface area contributed by atoms with Crippen molar-refractivity contribution in [3.8, 4) is 5.82 Å². The highest BCUT2D eigenvalue weighted by Gasteiger charge is 2.40. The van der Waals surface area contributed by atoms with E-state index in [0.717, 1.165) is 60.8 Å². The lowest BCUT2D eigenvalue weighted by molar-refractivity contribution is -0.136. The highest BCUT2D eigenvalue weighted by molar-refractivity contribution is 6.06. The van der Waals surface area contributed by atoms with Crippen LogP contribution < -0.4 is 26.0 Å². The van der Waals surface area contributed by atoms with Gasteiger partial charge in [-0.2, -0.15) is 4.98 Å². The number of aliphatic hydroxyl groups excluding tert-OH is 1. The van der Waals surface area contributed by atoms with Crippen LogP contribution in [-0.4, -0.2) is 84.3 Å². The Morgan fingerprint density at radius 1 is 0.929 bits per heavy atom. The molecule has 2 fully saturated rings. The van der Waals surface area contributed by atoms with Gasteiger partial charge in [-0.05, 0) is 67.3 Å². The van der Waals surface area contributed by atoms with E-state index >= 15 is 0 Å². The molecule has 3 aromatic heterocycles. The Kier molecular flexibility index (Phi) is 9.85. The van der Waals surface area contributed by atoms with Crippen molar-refractivity contribution in [1.29, 1.82) is 0 Å². The van der Waals surface area contributed by atoms with Gasteiger partial charge in [0.15, 0.2) is 11.5 Å². The molecule has 5 aromatic rings. The standard InChI is InChI=1S/C39H38N10O5.C2H6/c1-2-16-48-38(54)27-21-40-39(44-35(27)49(48)32-14-7-23-6-13-31(50)34(23)42-32)41-24-8-10-25(11-9-24)45-17-19-46(20-18-45)29-5-3-4-26-28(29)22-47(37(26)53)30-12-15-33(51)43-36(30)52;1-2/h2-5,7-11,14,21,30-31,50H,1,6,12-13,15-20,22H2,(H,40,41,44)(H,43,51,52);1-2H3. The second-order valence-corrected chi connectivity index (χ2v) is 14.0. The molecule has 2 atom stereocenters. The fraction of sp³-hybridized carbons (Fsp3) is 0.341. The van der Waals surface area contributed by atoms with Crippen LogP contribution in [0, 0.1) is 0 Å². The van der Waals surface area contributed by atoms with Gasteiger partial charge in [0.1, 0.15) is 11.4 Å². The lowest BCUT2D eigenvalue weighted by Gasteiger charge is -2.38. The van der Waals surface area contributed by atoms with E-state index in [0.29, 0.717) is 53.4 Å². The van der Waals surface area contributed by atoms with Crippen molar-refractivity contribution in [2.24, 2.45) is 0 Å². The number of pyridine rings is 1. The maximum atomic E-state index is 13.4. The number of aryl methyl sites for hydroxylation is 1. The summed E-state index contributed by atoms with van der Waals surface area (Å²) >= 11 is 0. The number of aliphatic hydroxyl groups is 1. The number of carbonyl (C=O) groups excluding carboxylic acids is 3. The minimum Gasteiger partial charge on any atom is -0.387 e. The highest BCUT2D eigenvalue weighted by atomic mass is 16.3. The molecule has 2 unspecified atom stereocenters. The predicted octanol–water partition coefficient (Wildman–Crippen LogP) is 4.00.